The molecule has 1 aliphatic carbocycles. The smallest absolute Gasteiger partial charge is 0.0926 e. The van der Waals surface area contributed by atoms with Crippen molar-refractivity contribution in [3.8, 4) is 0 Å². The summed E-state index contributed by atoms with van der Waals surface area (Å²) in [7, 11) is 0. The zero-order chi connectivity index (χ0) is 5.98. The highest BCUT2D eigenvalue weighted by atomic mass is 19.1. The molecule has 0 saturated heterocycles. The summed E-state index contributed by atoms with van der Waals surface area (Å²) in [5, 5.41) is 8.52. The van der Waals surface area contributed by atoms with Crippen molar-refractivity contribution in [3.05, 3.63) is 0 Å². The molecule has 0 aliphatic heterocycles. The zero-order valence-electron chi connectivity index (χ0n) is 4.81. The standard InChI is InChI=1S/C6H11FO/c7-3-5-1-2-6(5)4-8/h5-6,8H,1-4H2/t5-,6+/m1/s1. The highest BCUT2D eigenvalue weighted by Gasteiger charge is 2.29. The topological polar surface area (TPSA) is 20.2 Å². The lowest BCUT2D eigenvalue weighted by Crippen LogP contribution is -2.30. The first-order chi connectivity index (χ1) is 3.88. The molecule has 48 valence electrons. The first kappa shape index (κ1) is 6.02. The van der Waals surface area contributed by atoms with Crippen LogP contribution in [0.4, 0.5) is 4.39 Å². The van der Waals surface area contributed by atoms with Crippen LogP contribution >= 0.6 is 0 Å². The summed E-state index contributed by atoms with van der Waals surface area (Å²) in [4.78, 5) is 0. The maximum Gasteiger partial charge on any atom is 0.0926 e. The van der Waals surface area contributed by atoms with E-state index in [2.05, 4.69) is 0 Å². The van der Waals surface area contributed by atoms with E-state index >= 15 is 0 Å². The van der Waals surface area contributed by atoms with Gasteiger partial charge in [0.1, 0.15) is 0 Å². The van der Waals surface area contributed by atoms with Crippen molar-refractivity contribution in [2.75, 3.05) is 13.3 Å². The third-order valence-electron chi connectivity index (χ3n) is 2.01. The van der Waals surface area contributed by atoms with Gasteiger partial charge in [0, 0.05) is 6.61 Å². The van der Waals surface area contributed by atoms with Gasteiger partial charge in [-0.15, -0.1) is 0 Å². The molecule has 1 N–H and O–H groups in total. The van der Waals surface area contributed by atoms with Crippen LogP contribution in [0.2, 0.25) is 0 Å². The second-order valence-corrected chi connectivity index (χ2v) is 2.43. The number of hydrogen-bond acceptors (Lipinski definition) is 1. The molecule has 1 saturated carbocycles. The summed E-state index contributed by atoms with van der Waals surface area (Å²) in [6.45, 7) is -0.0696. The van der Waals surface area contributed by atoms with Crippen molar-refractivity contribution in [2.24, 2.45) is 11.8 Å². The molecule has 0 unspecified atom stereocenters. The molecule has 1 aliphatic rings. The van der Waals surface area contributed by atoms with Gasteiger partial charge < -0.3 is 5.11 Å². The van der Waals surface area contributed by atoms with Crippen LogP contribution in [0.5, 0.6) is 0 Å². The molecule has 2 heteroatoms. The Kier molecular flexibility index (Phi) is 1.84. The Morgan fingerprint density at radius 2 is 2.00 bits per heavy atom. The molecular weight excluding hydrogens is 107 g/mol. The number of halogens is 1. The quantitative estimate of drug-likeness (QED) is 0.573. The predicted molar refractivity (Wildman–Crippen MR) is 29.3 cm³/mol. The molecule has 1 fully saturated rings. The van der Waals surface area contributed by atoms with Gasteiger partial charge >= 0.3 is 0 Å². The number of aliphatic hydroxyl groups is 1. The van der Waals surface area contributed by atoms with Gasteiger partial charge in [-0.1, -0.05) is 0 Å². The summed E-state index contributed by atoms with van der Waals surface area (Å²) >= 11 is 0. The van der Waals surface area contributed by atoms with Crippen LogP contribution in [0.25, 0.3) is 0 Å². The Labute approximate surface area is 48.5 Å². The van der Waals surface area contributed by atoms with Gasteiger partial charge in [-0.05, 0) is 24.7 Å². The van der Waals surface area contributed by atoms with Crippen molar-refractivity contribution in [1.82, 2.24) is 0 Å². The fourth-order valence-electron chi connectivity index (χ4n) is 1.08. The van der Waals surface area contributed by atoms with Crippen LogP contribution in [-0.2, 0) is 0 Å². The molecule has 1 rings (SSSR count). The highest BCUT2D eigenvalue weighted by Crippen LogP contribution is 2.33. The maximum atomic E-state index is 11.8. The summed E-state index contributed by atoms with van der Waals surface area (Å²) in [5.74, 6) is 0.458. The van der Waals surface area contributed by atoms with E-state index in [0.717, 1.165) is 12.8 Å². The molecule has 0 aromatic rings. The number of alkyl halides is 1. The number of rotatable bonds is 2. The predicted octanol–water partition coefficient (Wildman–Crippen LogP) is 0.974. The van der Waals surface area contributed by atoms with Gasteiger partial charge in [-0.3, -0.25) is 4.39 Å². The van der Waals surface area contributed by atoms with Crippen molar-refractivity contribution in [1.29, 1.82) is 0 Å². The number of hydrogen-bond donors (Lipinski definition) is 1. The van der Waals surface area contributed by atoms with E-state index in [9.17, 15) is 4.39 Å². The summed E-state index contributed by atoms with van der Waals surface area (Å²) < 4.78 is 11.8. The van der Waals surface area contributed by atoms with Crippen LogP contribution in [-0.4, -0.2) is 18.4 Å². The fraction of sp³-hybridized carbons (Fsp3) is 1.00. The molecule has 0 radical (unpaired) electrons. The minimum absolute atomic E-state index is 0.175. The Bertz CT molecular complexity index is 60.9. The SMILES string of the molecule is OC[C@@H]1CC[C@@H]1CF. The zero-order valence-corrected chi connectivity index (χ0v) is 4.81. The van der Waals surface area contributed by atoms with E-state index in [-0.39, 0.29) is 25.1 Å². The Hall–Kier alpha value is -0.110. The molecule has 0 aromatic heterocycles. The van der Waals surface area contributed by atoms with Crippen molar-refractivity contribution < 1.29 is 9.50 Å². The Morgan fingerprint density at radius 3 is 2.12 bits per heavy atom. The van der Waals surface area contributed by atoms with Crippen LogP contribution in [0.15, 0.2) is 0 Å². The molecule has 1 nitrogen and oxygen atoms in total. The largest absolute Gasteiger partial charge is 0.396 e. The lowest BCUT2D eigenvalue weighted by Gasteiger charge is -2.32. The summed E-state index contributed by atoms with van der Waals surface area (Å²) in [6.07, 6.45) is 1.99. The molecule has 0 bridgehead atoms. The van der Waals surface area contributed by atoms with Crippen LogP contribution in [0.1, 0.15) is 12.8 Å². The van der Waals surface area contributed by atoms with Crippen LogP contribution < -0.4 is 0 Å². The fourth-order valence-corrected chi connectivity index (χ4v) is 1.08. The first-order valence-electron chi connectivity index (χ1n) is 3.05. The van der Waals surface area contributed by atoms with Crippen molar-refractivity contribution in [2.45, 2.75) is 12.8 Å². The van der Waals surface area contributed by atoms with Crippen LogP contribution in [0, 0.1) is 11.8 Å². The van der Waals surface area contributed by atoms with E-state index in [1.807, 2.05) is 0 Å². The third kappa shape index (κ3) is 0.848. The van der Waals surface area contributed by atoms with Gasteiger partial charge in [0.25, 0.3) is 0 Å². The van der Waals surface area contributed by atoms with Gasteiger partial charge in [0.15, 0.2) is 0 Å². The lowest BCUT2D eigenvalue weighted by molar-refractivity contribution is 0.0723. The van der Waals surface area contributed by atoms with Crippen LogP contribution in [0.3, 0.4) is 0 Å². The molecule has 0 spiro atoms. The monoisotopic (exact) mass is 118 g/mol. The van der Waals surface area contributed by atoms with Gasteiger partial charge in [-0.2, -0.15) is 0 Å². The molecule has 8 heavy (non-hydrogen) atoms. The van der Waals surface area contributed by atoms with Gasteiger partial charge in [0.2, 0.25) is 0 Å². The normalized spacial score (nSPS) is 36.8. The average Bonchev–Trinajstić information content (AvgIpc) is 1.66. The van der Waals surface area contributed by atoms with E-state index in [0.29, 0.717) is 0 Å². The Balaban J connectivity index is 2.16. The second-order valence-electron chi connectivity index (χ2n) is 2.43. The van der Waals surface area contributed by atoms with E-state index in [4.69, 9.17) is 5.11 Å². The molecule has 0 aromatic carbocycles. The molecular formula is C6H11FO. The average molecular weight is 118 g/mol. The summed E-state index contributed by atoms with van der Waals surface area (Å²) in [5.41, 5.74) is 0. The molecule has 0 heterocycles. The van der Waals surface area contributed by atoms with E-state index < -0.39 is 0 Å². The minimum atomic E-state index is -0.245. The minimum Gasteiger partial charge on any atom is -0.396 e. The Morgan fingerprint density at radius 1 is 1.38 bits per heavy atom. The van der Waals surface area contributed by atoms with Gasteiger partial charge in [0.05, 0.1) is 6.67 Å². The first-order valence-corrected chi connectivity index (χ1v) is 3.05. The highest BCUT2D eigenvalue weighted by molar-refractivity contribution is 4.78. The van der Waals surface area contributed by atoms with Crippen molar-refractivity contribution >= 4 is 0 Å². The summed E-state index contributed by atoms with van der Waals surface area (Å²) in [6, 6.07) is 0. The molecule has 2 atom stereocenters. The van der Waals surface area contributed by atoms with E-state index in [1.54, 1.807) is 0 Å². The van der Waals surface area contributed by atoms with Gasteiger partial charge in [-0.25, -0.2) is 0 Å². The maximum absolute atomic E-state index is 11.8. The second kappa shape index (κ2) is 2.44. The van der Waals surface area contributed by atoms with Crippen molar-refractivity contribution in [3.63, 3.8) is 0 Å². The third-order valence-corrected chi connectivity index (χ3v) is 2.01. The lowest BCUT2D eigenvalue weighted by atomic mass is 9.75. The molecule has 0 amide bonds. The van der Waals surface area contributed by atoms with E-state index in [1.165, 1.54) is 0 Å². The number of aliphatic hydroxyl groups excluding tert-OH is 1.